The first kappa shape index (κ1) is 10.4. The van der Waals surface area contributed by atoms with E-state index in [1.807, 2.05) is 0 Å². The molecule has 1 aromatic carbocycles. The van der Waals surface area contributed by atoms with Gasteiger partial charge >= 0.3 is 0 Å². The second-order valence-electron chi connectivity index (χ2n) is 3.34. The van der Waals surface area contributed by atoms with E-state index in [-0.39, 0.29) is 0 Å². The standard InChI is InChI=1S/C12H16S/c1-10-7-11(2)9-12(8-10)5-3-4-6-13/h3,5,7-9,13H,4,6H2,1-2H3. The van der Waals surface area contributed by atoms with E-state index >= 15 is 0 Å². The maximum Gasteiger partial charge on any atom is -0.00632 e. The molecular weight excluding hydrogens is 176 g/mol. The van der Waals surface area contributed by atoms with Crippen LogP contribution in [0.15, 0.2) is 24.3 Å². The Kier molecular flexibility index (Phi) is 4.10. The van der Waals surface area contributed by atoms with Gasteiger partial charge < -0.3 is 0 Å². The summed E-state index contributed by atoms with van der Waals surface area (Å²) < 4.78 is 0. The molecule has 0 N–H and O–H groups in total. The Morgan fingerprint density at radius 3 is 2.31 bits per heavy atom. The van der Waals surface area contributed by atoms with Crippen LogP contribution < -0.4 is 0 Å². The van der Waals surface area contributed by atoms with Crippen molar-refractivity contribution in [2.24, 2.45) is 0 Å². The van der Waals surface area contributed by atoms with Crippen LogP contribution in [0.1, 0.15) is 23.1 Å². The van der Waals surface area contributed by atoms with Crippen molar-refractivity contribution < 1.29 is 0 Å². The lowest BCUT2D eigenvalue weighted by atomic mass is 10.1. The van der Waals surface area contributed by atoms with Crippen LogP contribution in [0.5, 0.6) is 0 Å². The van der Waals surface area contributed by atoms with Gasteiger partial charge in [0, 0.05) is 0 Å². The van der Waals surface area contributed by atoms with Crippen LogP contribution in [0.2, 0.25) is 0 Å². The molecule has 0 saturated carbocycles. The highest BCUT2D eigenvalue weighted by Crippen LogP contribution is 2.10. The number of allylic oxidation sites excluding steroid dienone is 1. The highest BCUT2D eigenvalue weighted by Gasteiger charge is 1.90. The summed E-state index contributed by atoms with van der Waals surface area (Å²) in [6, 6.07) is 6.58. The Morgan fingerprint density at radius 2 is 1.77 bits per heavy atom. The number of rotatable bonds is 3. The van der Waals surface area contributed by atoms with Crippen LogP contribution in [0.4, 0.5) is 0 Å². The number of aryl methyl sites for hydroxylation is 2. The molecule has 0 amide bonds. The quantitative estimate of drug-likeness (QED) is 0.695. The molecule has 0 saturated heterocycles. The molecule has 70 valence electrons. The zero-order valence-electron chi connectivity index (χ0n) is 8.25. The zero-order chi connectivity index (χ0) is 9.68. The van der Waals surface area contributed by atoms with Gasteiger partial charge in [-0.15, -0.1) is 0 Å². The molecule has 0 nitrogen and oxygen atoms in total. The zero-order valence-corrected chi connectivity index (χ0v) is 9.14. The second-order valence-corrected chi connectivity index (χ2v) is 3.78. The van der Waals surface area contributed by atoms with E-state index in [4.69, 9.17) is 0 Å². The molecule has 1 aromatic rings. The molecule has 0 aliphatic carbocycles. The van der Waals surface area contributed by atoms with Crippen LogP contribution in [0.25, 0.3) is 6.08 Å². The summed E-state index contributed by atoms with van der Waals surface area (Å²) in [5, 5.41) is 0. The largest absolute Gasteiger partial charge is 0.179 e. The van der Waals surface area contributed by atoms with Gasteiger partial charge in [-0.2, -0.15) is 12.6 Å². The molecular formula is C12H16S. The van der Waals surface area contributed by atoms with E-state index in [1.54, 1.807) is 0 Å². The van der Waals surface area contributed by atoms with Gasteiger partial charge in [0.05, 0.1) is 0 Å². The second kappa shape index (κ2) is 5.13. The van der Waals surface area contributed by atoms with Gasteiger partial charge in [0.15, 0.2) is 0 Å². The van der Waals surface area contributed by atoms with E-state index in [9.17, 15) is 0 Å². The van der Waals surface area contributed by atoms with Crippen LogP contribution >= 0.6 is 12.6 Å². The number of hydrogen-bond acceptors (Lipinski definition) is 1. The smallest absolute Gasteiger partial charge is 0.00632 e. The van der Waals surface area contributed by atoms with E-state index in [1.165, 1.54) is 16.7 Å². The highest BCUT2D eigenvalue weighted by molar-refractivity contribution is 7.80. The number of benzene rings is 1. The maximum atomic E-state index is 4.16. The summed E-state index contributed by atoms with van der Waals surface area (Å²) in [5.41, 5.74) is 3.94. The molecule has 0 heterocycles. The van der Waals surface area contributed by atoms with E-state index in [0.717, 1.165) is 12.2 Å². The fraction of sp³-hybridized carbons (Fsp3) is 0.333. The maximum absolute atomic E-state index is 4.16. The Bertz CT molecular complexity index is 280. The minimum atomic E-state index is 0.918. The molecule has 0 fully saturated rings. The van der Waals surface area contributed by atoms with E-state index in [2.05, 4.69) is 56.8 Å². The predicted octanol–water partition coefficient (Wildman–Crippen LogP) is 3.64. The Morgan fingerprint density at radius 1 is 1.15 bits per heavy atom. The third-order valence-corrected chi connectivity index (χ3v) is 2.11. The monoisotopic (exact) mass is 192 g/mol. The predicted molar refractivity (Wildman–Crippen MR) is 63.4 cm³/mol. The van der Waals surface area contributed by atoms with Gasteiger partial charge in [0.2, 0.25) is 0 Å². The first-order valence-corrected chi connectivity index (χ1v) is 5.21. The van der Waals surface area contributed by atoms with Crippen molar-refractivity contribution in [1.82, 2.24) is 0 Å². The lowest BCUT2D eigenvalue weighted by Gasteiger charge is -1.99. The molecule has 13 heavy (non-hydrogen) atoms. The van der Waals surface area contributed by atoms with Crippen molar-refractivity contribution in [3.05, 3.63) is 41.0 Å². The summed E-state index contributed by atoms with van der Waals surface area (Å²) in [4.78, 5) is 0. The van der Waals surface area contributed by atoms with E-state index in [0.29, 0.717) is 0 Å². The molecule has 0 spiro atoms. The van der Waals surface area contributed by atoms with Gasteiger partial charge in [0.1, 0.15) is 0 Å². The molecule has 0 unspecified atom stereocenters. The summed E-state index contributed by atoms with van der Waals surface area (Å²) in [7, 11) is 0. The van der Waals surface area contributed by atoms with Crippen molar-refractivity contribution in [2.75, 3.05) is 5.75 Å². The topological polar surface area (TPSA) is 0 Å². The Balaban J connectivity index is 2.77. The third kappa shape index (κ3) is 3.69. The normalized spacial score (nSPS) is 11.0. The van der Waals surface area contributed by atoms with Crippen molar-refractivity contribution >= 4 is 18.7 Å². The van der Waals surface area contributed by atoms with Crippen LogP contribution in [0, 0.1) is 13.8 Å². The lowest BCUT2D eigenvalue weighted by molar-refractivity contribution is 1.26. The minimum Gasteiger partial charge on any atom is -0.179 e. The summed E-state index contributed by atoms with van der Waals surface area (Å²) >= 11 is 4.16. The van der Waals surface area contributed by atoms with Crippen molar-refractivity contribution in [2.45, 2.75) is 20.3 Å². The van der Waals surface area contributed by atoms with Crippen LogP contribution in [-0.4, -0.2) is 5.75 Å². The highest BCUT2D eigenvalue weighted by atomic mass is 32.1. The molecule has 1 rings (SSSR count). The van der Waals surface area contributed by atoms with Crippen LogP contribution in [0.3, 0.4) is 0 Å². The molecule has 0 aliphatic heterocycles. The molecule has 0 radical (unpaired) electrons. The molecule has 0 atom stereocenters. The van der Waals surface area contributed by atoms with Crippen molar-refractivity contribution in [1.29, 1.82) is 0 Å². The number of hydrogen-bond donors (Lipinski definition) is 1. The SMILES string of the molecule is Cc1cc(C)cc(C=CCCS)c1. The van der Waals surface area contributed by atoms with Crippen LogP contribution in [-0.2, 0) is 0 Å². The first-order chi connectivity index (χ1) is 6.22. The first-order valence-electron chi connectivity index (χ1n) is 4.58. The average Bonchev–Trinajstić information content (AvgIpc) is 2.03. The average molecular weight is 192 g/mol. The van der Waals surface area contributed by atoms with Crippen molar-refractivity contribution in [3.8, 4) is 0 Å². The molecule has 0 aliphatic rings. The molecule has 1 heteroatoms. The van der Waals surface area contributed by atoms with E-state index < -0.39 is 0 Å². The van der Waals surface area contributed by atoms with Gasteiger partial charge in [0.25, 0.3) is 0 Å². The number of thiol groups is 1. The summed E-state index contributed by atoms with van der Waals surface area (Å²) in [6.45, 7) is 4.26. The van der Waals surface area contributed by atoms with Gasteiger partial charge in [-0.05, 0) is 31.6 Å². The fourth-order valence-corrected chi connectivity index (χ4v) is 1.55. The molecule has 0 bridgehead atoms. The summed E-state index contributed by atoms with van der Waals surface area (Å²) in [6.07, 6.45) is 5.37. The van der Waals surface area contributed by atoms with Gasteiger partial charge in [-0.1, -0.05) is 41.5 Å². The fourth-order valence-electron chi connectivity index (χ4n) is 1.40. The summed E-state index contributed by atoms with van der Waals surface area (Å²) in [5.74, 6) is 0.918. The lowest BCUT2D eigenvalue weighted by Crippen LogP contribution is -1.79. The van der Waals surface area contributed by atoms with Gasteiger partial charge in [-0.25, -0.2) is 0 Å². The van der Waals surface area contributed by atoms with Crippen molar-refractivity contribution in [3.63, 3.8) is 0 Å². The minimum absolute atomic E-state index is 0.918. The Hall–Kier alpha value is -0.690. The third-order valence-electron chi connectivity index (χ3n) is 1.85. The molecule has 0 aromatic heterocycles. The van der Waals surface area contributed by atoms with Gasteiger partial charge in [-0.3, -0.25) is 0 Å². The Labute approximate surface area is 86.1 Å².